The fourth-order valence-corrected chi connectivity index (χ4v) is 2.93. The van der Waals surface area contributed by atoms with Crippen LogP contribution in [0.2, 0.25) is 0 Å². The average molecular weight is 292 g/mol. The van der Waals surface area contributed by atoms with Crippen LogP contribution in [0, 0.1) is 5.82 Å². The number of rotatable bonds is 3. The number of carbonyl (C=O) groups is 1. The third-order valence-electron chi connectivity index (χ3n) is 4.14. The van der Waals surface area contributed by atoms with Gasteiger partial charge in [-0.05, 0) is 29.3 Å². The Bertz CT molecular complexity index is 851. The van der Waals surface area contributed by atoms with Crippen molar-refractivity contribution in [1.29, 1.82) is 0 Å². The van der Waals surface area contributed by atoms with Crippen molar-refractivity contribution < 1.29 is 9.18 Å². The summed E-state index contributed by atoms with van der Waals surface area (Å²) >= 11 is 0. The molecule has 2 heteroatoms. The van der Waals surface area contributed by atoms with Gasteiger partial charge in [-0.1, -0.05) is 61.5 Å². The van der Waals surface area contributed by atoms with Crippen molar-refractivity contribution in [3.05, 3.63) is 83.2 Å². The minimum atomic E-state index is -0.326. The maximum Gasteiger partial charge on any atom is 0.160 e. The fourth-order valence-electron chi connectivity index (χ4n) is 2.93. The summed E-state index contributed by atoms with van der Waals surface area (Å²) in [6.45, 7) is 3.42. The lowest BCUT2D eigenvalue weighted by Crippen LogP contribution is -2.07. The van der Waals surface area contributed by atoms with Crippen molar-refractivity contribution in [2.45, 2.75) is 19.8 Å². The molecular formula is C20H17FO. The van der Waals surface area contributed by atoms with E-state index >= 15 is 0 Å². The van der Waals surface area contributed by atoms with Crippen molar-refractivity contribution in [1.82, 2.24) is 0 Å². The van der Waals surface area contributed by atoms with Gasteiger partial charge in [0, 0.05) is 17.0 Å². The zero-order valence-corrected chi connectivity index (χ0v) is 12.6. The molecule has 0 N–H and O–H groups in total. The van der Waals surface area contributed by atoms with E-state index in [1.54, 1.807) is 12.1 Å². The molecule has 0 aliphatic heterocycles. The average Bonchev–Trinajstić information content (AvgIpc) is 2.53. The Hall–Kier alpha value is -2.48. The summed E-state index contributed by atoms with van der Waals surface area (Å²) in [7, 11) is 0. The van der Waals surface area contributed by atoms with Gasteiger partial charge in [-0.15, -0.1) is 0 Å². The Kier molecular flexibility index (Phi) is 3.76. The van der Waals surface area contributed by atoms with E-state index in [9.17, 15) is 9.18 Å². The quantitative estimate of drug-likeness (QED) is 0.596. The molecule has 0 fully saturated rings. The lowest BCUT2D eigenvalue weighted by atomic mass is 9.87. The molecule has 110 valence electrons. The summed E-state index contributed by atoms with van der Waals surface area (Å²) in [6, 6.07) is 18.9. The van der Waals surface area contributed by atoms with Crippen molar-refractivity contribution in [2.24, 2.45) is 0 Å². The van der Waals surface area contributed by atoms with Crippen LogP contribution >= 0.6 is 0 Å². The summed E-state index contributed by atoms with van der Waals surface area (Å²) < 4.78 is 14.3. The van der Waals surface area contributed by atoms with Crippen molar-refractivity contribution >= 4 is 16.6 Å². The van der Waals surface area contributed by atoms with E-state index in [1.165, 1.54) is 13.0 Å². The van der Waals surface area contributed by atoms with Crippen LogP contribution in [0.5, 0.6) is 0 Å². The molecule has 1 nitrogen and oxygen atoms in total. The number of hydrogen-bond donors (Lipinski definition) is 0. The van der Waals surface area contributed by atoms with Gasteiger partial charge in [0.1, 0.15) is 5.82 Å². The molecule has 3 aromatic rings. The first-order valence-electron chi connectivity index (χ1n) is 7.36. The maximum atomic E-state index is 14.3. The summed E-state index contributed by atoms with van der Waals surface area (Å²) in [6.07, 6.45) is 0. The fraction of sp³-hybridized carbons (Fsp3) is 0.150. The highest BCUT2D eigenvalue weighted by molar-refractivity contribution is 5.96. The largest absolute Gasteiger partial charge is 0.294 e. The standard InChI is InChI=1S/C20H17FO/c1-13(20-18(14(2)22)8-5-9-19(20)21)16-11-10-15-6-3-4-7-17(15)12-16/h3-13H,1-2H3. The molecule has 1 atom stereocenters. The van der Waals surface area contributed by atoms with Crippen LogP contribution in [0.25, 0.3) is 10.8 Å². The van der Waals surface area contributed by atoms with Gasteiger partial charge in [-0.3, -0.25) is 4.79 Å². The summed E-state index contributed by atoms with van der Waals surface area (Å²) in [4.78, 5) is 11.8. The van der Waals surface area contributed by atoms with Gasteiger partial charge in [0.25, 0.3) is 0 Å². The molecule has 0 heterocycles. The second kappa shape index (κ2) is 5.72. The van der Waals surface area contributed by atoms with Crippen molar-refractivity contribution in [2.75, 3.05) is 0 Å². The second-order valence-electron chi connectivity index (χ2n) is 5.59. The van der Waals surface area contributed by atoms with Gasteiger partial charge in [0.2, 0.25) is 0 Å². The lowest BCUT2D eigenvalue weighted by molar-refractivity contribution is 0.101. The van der Waals surface area contributed by atoms with Crippen LogP contribution in [-0.4, -0.2) is 5.78 Å². The highest BCUT2D eigenvalue weighted by atomic mass is 19.1. The van der Waals surface area contributed by atoms with E-state index in [-0.39, 0.29) is 17.5 Å². The SMILES string of the molecule is CC(=O)c1cccc(F)c1C(C)c1ccc2ccccc2c1. The molecule has 1 unspecified atom stereocenters. The predicted molar refractivity (Wildman–Crippen MR) is 87.9 cm³/mol. The van der Waals surface area contributed by atoms with Crippen molar-refractivity contribution in [3.63, 3.8) is 0 Å². The van der Waals surface area contributed by atoms with Crippen LogP contribution in [0.15, 0.2) is 60.7 Å². The molecule has 0 aliphatic carbocycles. The highest BCUT2D eigenvalue weighted by Crippen LogP contribution is 2.31. The van der Waals surface area contributed by atoms with E-state index in [0.29, 0.717) is 11.1 Å². The minimum absolute atomic E-state index is 0.109. The maximum absolute atomic E-state index is 14.3. The van der Waals surface area contributed by atoms with E-state index < -0.39 is 0 Å². The summed E-state index contributed by atoms with van der Waals surface area (Å²) in [5, 5.41) is 2.27. The number of carbonyl (C=O) groups excluding carboxylic acids is 1. The zero-order valence-electron chi connectivity index (χ0n) is 12.6. The van der Waals surface area contributed by atoms with E-state index in [1.807, 2.05) is 43.3 Å². The number of ketones is 1. The van der Waals surface area contributed by atoms with Gasteiger partial charge in [-0.2, -0.15) is 0 Å². The molecule has 0 spiro atoms. The third-order valence-corrected chi connectivity index (χ3v) is 4.14. The Morgan fingerprint density at radius 2 is 1.68 bits per heavy atom. The smallest absolute Gasteiger partial charge is 0.160 e. The number of fused-ring (bicyclic) bond motifs is 1. The first-order chi connectivity index (χ1) is 10.6. The summed E-state index contributed by atoms with van der Waals surface area (Å²) in [5.74, 6) is -0.611. The number of hydrogen-bond acceptors (Lipinski definition) is 1. The monoisotopic (exact) mass is 292 g/mol. The van der Waals surface area contributed by atoms with E-state index in [2.05, 4.69) is 6.07 Å². The zero-order chi connectivity index (χ0) is 15.7. The van der Waals surface area contributed by atoms with E-state index in [0.717, 1.165) is 16.3 Å². The van der Waals surface area contributed by atoms with Crippen LogP contribution < -0.4 is 0 Å². The molecule has 3 rings (SSSR count). The highest BCUT2D eigenvalue weighted by Gasteiger charge is 2.19. The molecule has 0 saturated heterocycles. The first kappa shape index (κ1) is 14.5. The third kappa shape index (κ3) is 2.52. The molecule has 22 heavy (non-hydrogen) atoms. The Morgan fingerprint density at radius 1 is 0.955 bits per heavy atom. The van der Waals surface area contributed by atoms with Crippen LogP contribution in [-0.2, 0) is 0 Å². The number of halogens is 1. The molecule has 0 bridgehead atoms. The minimum Gasteiger partial charge on any atom is -0.294 e. The predicted octanol–water partition coefficient (Wildman–Crippen LogP) is 5.33. The van der Waals surface area contributed by atoms with Crippen LogP contribution in [0.3, 0.4) is 0 Å². The summed E-state index contributed by atoms with van der Waals surface area (Å²) in [5.41, 5.74) is 1.94. The Labute approximate surface area is 129 Å². The van der Waals surface area contributed by atoms with Crippen LogP contribution in [0.4, 0.5) is 4.39 Å². The van der Waals surface area contributed by atoms with Crippen molar-refractivity contribution in [3.8, 4) is 0 Å². The van der Waals surface area contributed by atoms with Gasteiger partial charge in [0.15, 0.2) is 5.78 Å². The number of benzene rings is 3. The molecule has 0 amide bonds. The normalized spacial score (nSPS) is 12.3. The molecule has 3 aromatic carbocycles. The van der Waals surface area contributed by atoms with E-state index in [4.69, 9.17) is 0 Å². The molecule has 0 aliphatic rings. The van der Waals surface area contributed by atoms with Gasteiger partial charge < -0.3 is 0 Å². The Morgan fingerprint density at radius 3 is 2.41 bits per heavy atom. The number of Topliss-reactive ketones (excluding diaryl/α,β-unsaturated/α-hetero) is 1. The second-order valence-corrected chi connectivity index (χ2v) is 5.59. The van der Waals surface area contributed by atoms with Gasteiger partial charge in [0.05, 0.1) is 0 Å². The first-order valence-corrected chi connectivity index (χ1v) is 7.36. The molecule has 0 radical (unpaired) electrons. The van der Waals surface area contributed by atoms with Gasteiger partial charge in [-0.25, -0.2) is 4.39 Å². The van der Waals surface area contributed by atoms with Crippen LogP contribution in [0.1, 0.15) is 41.3 Å². The Balaban J connectivity index is 2.13. The molecule has 0 saturated carbocycles. The molecule has 0 aromatic heterocycles. The van der Waals surface area contributed by atoms with Gasteiger partial charge >= 0.3 is 0 Å². The topological polar surface area (TPSA) is 17.1 Å². The molecular weight excluding hydrogens is 275 g/mol. The lowest BCUT2D eigenvalue weighted by Gasteiger charge is -2.17.